The van der Waals surface area contributed by atoms with Crippen molar-refractivity contribution in [1.82, 2.24) is 9.78 Å². The summed E-state index contributed by atoms with van der Waals surface area (Å²) in [5.41, 5.74) is 0.678. The molecule has 4 nitrogen and oxygen atoms in total. The maximum atomic E-state index is 12.4. The van der Waals surface area contributed by atoms with Crippen molar-refractivity contribution < 1.29 is 4.79 Å². The van der Waals surface area contributed by atoms with Gasteiger partial charge >= 0.3 is 0 Å². The Bertz CT molecular complexity index is 647. The second kappa shape index (κ2) is 7.26. The number of nitrogens with one attached hydrogen (secondary N) is 1. The molecular weight excluding hydrogens is 389 g/mol. The quantitative estimate of drug-likeness (QED) is 0.765. The molecule has 1 amide bonds. The van der Waals surface area contributed by atoms with Crippen molar-refractivity contribution in [3.8, 4) is 0 Å². The fraction of sp³-hybridized carbons (Fsp3) is 0.412. The highest BCUT2D eigenvalue weighted by Gasteiger charge is 2.16. The standard InChI is InChI=1S/C17H20IN3O/c18-15-8-4-7-14(11-15)17(22)20-16-9-10-19-21(16)12-13-5-2-1-3-6-13/h4,7-11,13H,1-3,5-6,12H2,(H,20,22). The van der Waals surface area contributed by atoms with Gasteiger partial charge in [0, 0.05) is 21.7 Å². The minimum Gasteiger partial charge on any atom is -0.307 e. The van der Waals surface area contributed by atoms with Crippen molar-refractivity contribution in [3.63, 3.8) is 0 Å². The number of carbonyl (C=O) groups excluding carboxylic acids is 1. The van der Waals surface area contributed by atoms with E-state index in [-0.39, 0.29) is 5.91 Å². The van der Waals surface area contributed by atoms with Crippen LogP contribution in [0.1, 0.15) is 42.5 Å². The van der Waals surface area contributed by atoms with Crippen molar-refractivity contribution in [3.05, 3.63) is 45.7 Å². The zero-order valence-electron chi connectivity index (χ0n) is 12.5. The SMILES string of the molecule is O=C(Nc1ccnn1CC1CCCCC1)c1cccc(I)c1. The maximum absolute atomic E-state index is 12.4. The molecule has 0 bridgehead atoms. The Morgan fingerprint density at radius 2 is 2.09 bits per heavy atom. The van der Waals surface area contributed by atoms with Gasteiger partial charge in [-0.05, 0) is 59.5 Å². The molecule has 1 aliphatic carbocycles. The van der Waals surface area contributed by atoms with Gasteiger partial charge in [-0.3, -0.25) is 4.79 Å². The molecule has 2 aromatic rings. The second-order valence-electron chi connectivity index (χ2n) is 5.87. The molecule has 1 aromatic heterocycles. The number of amides is 1. The molecule has 1 N–H and O–H groups in total. The zero-order chi connectivity index (χ0) is 15.4. The van der Waals surface area contributed by atoms with Gasteiger partial charge in [0.05, 0.1) is 6.20 Å². The van der Waals surface area contributed by atoms with Gasteiger partial charge in [0.2, 0.25) is 0 Å². The number of benzene rings is 1. The van der Waals surface area contributed by atoms with Crippen LogP contribution in [0.4, 0.5) is 5.82 Å². The summed E-state index contributed by atoms with van der Waals surface area (Å²) >= 11 is 2.21. The number of hydrogen-bond donors (Lipinski definition) is 1. The minimum absolute atomic E-state index is 0.0797. The highest BCUT2D eigenvalue weighted by Crippen LogP contribution is 2.26. The third-order valence-electron chi connectivity index (χ3n) is 4.20. The molecule has 0 saturated heterocycles. The average molecular weight is 409 g/mol. The molecule has 0 atom stereocenters. The van der Waals surface area contributed by atoms with E-state index in [9.17, 15) is 4.79 Å². The lowest BCUT2D eigenvalue weighted by Crippen LogP contribution is -2.20. The first kappa shape index (κ1) is 15.5. The van der Waals surface area contributed by atoms with Crippen molar-refractivity contribution in [2.45, 2.75) is 38.6 Å². The Hall–Kier alpha value is -1.37. The molecule has 0 radical (unpaired) electrons. The molecule has 1 heterocycles. The third-order valence-corrected chi connectivity index (χ3v) is 4.87. The molecule has 116 valence electrons. The highest BCUT2D eigenvalue weighted by atomic mass is 127. The van der Waals surface area contributed by atoms with Gasteiger partial charge in [0.25, 0.3) is 5.91 Å². The first-order valence-corrected chi connectivity index (χ1v) is 8.89. The van der Waals surface area contributed by atoms with Crippen molar-refractivity contribution in [1.29, 1.82) is 0 Å². The minimum atomic E-state index is -0.0797. The van der Waals surface area contributed by atoms with Crippen LogP contribution in [0, 0.1) is 9.49 Å². The van der Waals surface area contributed by atoms with E-state index in [0.717, 1.165) is 15.9 Å². The summed E-state index contributed by atoms with van der Waals surface area (Å²) < 4.78 is 2.99. The Kier molecular flexibility index (Phi) is 5.12. The molecule has 1 saturated carbocycles. The highest BCUT2D eigenvalue weighted by molar-refractivity contribution is 14.1. The van der Waals surface area contributed by atoms with Gasteiger partial charge in [0.15, 0.2) is 0 Å². The Labute approximate surface area is 144 Å². The Balaban J connectivity index is 1.68. The van der Waals surface area contributed by atoms with Crippen LogP contribution in [-0.2, 0) is 6.54 Å². The van der Waals surface area contributed by atoms with Crippen molar-refractivity contribution in [2.24, 2.45) is 5.92 Å². The third kappa shape index (κ3) is 3.88. The normalized spacial score (nSPS) is 15.7. The first-order chi connectivity index (χ1) is 10.7. The fourth-order valence-electron chi connectivity index (χ4n) is 3.02. The summed E-state index contributed by atoms with van der Waals surface area (Å²) in [6, 6.07) is 9.46. The van der Waals surface area contributed by atoms with Gasteiger partial charge in [-0.15, -0.1) is 0 Å². The molecule has 22 heavy (non-hydrogen) atoms. The van der Waals surface area contributed by atoms with E-state index in [2.05, 4.69) is 33.0 Å². The van der Waals surface area contributed by atoms with Crippen molar-refractivity contribution in [2.75, 3.05) is 5.32 Å². The molecule has 1 aromatic carbocycles. The fourth-order valence-corrected chi connectivity index (χ4v) is 3.56. The van der Waals surface area contributed by atoms with Gasteiger partial charge in [-0.25, -0.2) is 4.68 Å². The molecule has 1 fully saturated rings. The van der Waals surface area contributed by atoms with Crippen LogP contribution in [0.15, 0.2) is 36.5 Å². The number of aromatic nitrogens is 2. The van der Waals surface area contributed by atoms with E-state index in [1.807, 2.05) is 35.0 Å². The predicted octanol–water partition coefficient (Wildman–Crippen LogP) is 4.32. The zero-order valence-corrected chi connectivity index (χ0v) is 14.6. The number of carbonyl (C=O) groups is 1. The van der Waals surface area contributed by atoms with Crippen LogP contribution in [0.3, 0.4) is 0 Å². The van der Waals surface area contributed by atoms with E-state index < -0.39 is 0 Å². The lowest BCUT2D eigenvalue weighted by Gasteiger charge is -2.22. The molecule has 3 rings (SSSR count). The van der Waals surface area contributed by atoms with E-state index in [0.29, 0.717) is 11.5 Å². The molecule has 0 spiro atoms. The van der Waals surface area contributed by atoms with Gasteiger partial charge < -0.3 is 5.32 Å². The van der Waals surface area contributed by atoms with Gasteiger partial charge in [-0.1, -0.05) is 25.3 Å². The number of halogens is 1. The van der Waals surface area contributed by atoms with Crippen molar-refractivity contribution >= 4 is 34.3 Å². The number of rotatable bonds is 4. The van der Waals surface area contributed by atoms with E-state index in [1.54, 1.807) is 6.20 Å². The molecule has 1 aliphatic rings. The van der Waals surface area contributed by atoms with Crippen LogP contribution >= 0.6 is 22.6 Å². The summed E-state index contributed by atoms with van der Waals surface area (Å²) in [7, 11) is 0. The summed E-state index contributed by atoms with van der Waals surface area (Å²) in [4.78, 5) is 12.4. The smallest absolute Gasteiger partial charge is 0.256 e. The first-order valence-electron chi connectivity index (χ1n) is 7.81. The number of anilines is 1. The van der Waals surface area contributed by atoms with Crippen LogP contribution in [0.25, 0.3) is 0 Å². The topological polar surface area (TPSA) is 46.9 Å². The van der Waals surface area contributed by atoms with Gasteiger partial charge in [0.1, 0.15) is 5.82 Å². The second-order valence-corrected chi connectivity index (χ2v) is 7.11. The lowest BCUT2D eigenvalue weighted by atomic mass is 9.89. The maximum Gasteiger partial charge on any atom is 0.256 e. The van der Waals surface area contributed by atoms with Gasteiger partial charge in [-0.2, -0.15) is 5.10 Å². The summed E-state index contributed by atoms with van der Waals surface area (Å²) in [6.07, 6.45) is 8.28. The summed E-state index contributed by atoms with van der Waals surface area (Å²) in [5, 5.41) is 7.36. The Morgan fingerprint density at radius 3 is 2.86 bits per heavy atom. The average Bonchev–Trinajstić information content (AvgIpc) is 2.95. The van der Waals surface area contributed by atoms with E-state index in [1.165, 1.54) is 32.1 Å². The lowest BCUT2D eigenvalue weighted by molar-refractivity contribution is 0.102. The summed E-state index contributed by atoms with van der Waals surface area (Å²) in [5.74, 6) is 1.39. The largest absolute Gasteiger partial charge is 0.307 e. The van der Waals surface area contributed by atoms with Crippen LogP contribution < -0.4 is 5.32 Å². The predicted molar refractivity (Wildman–Crippen MR) is 95.9 cm³/mol. The van der Waals surface area contributed by atoms with Crippen LogP contribution in [-0.4, -0.2) is 15.7 Å². The van der Waals surface area contributed by atoms with Crippen LogP contribution in [0.2, 0.25) is 0 Å². The molecule has 0 unspecified atom stereocenters. The van der Waals surface area contributed by atoms with E-state index >= 15 is 0 Å². The monoisotopic (exact) mass is 409 g/mol. The molecule has 0 aliphatic heterocycles. The number of nitrogens with zero attached hydrogens (tertiary/aromatic N) is 2. The Morgan fingerprint density at radius 1 is 1.27 bits per heavy atom. The molecular formula is C17H20IN3O. The number of hydrogen-bond acceptors (Lipinski definition) is 2. The molecule has 5 heteroatoms. The summed E-state index contributed by atoms with van der Waals surface area (Å²) in [6.45, 7) is 0.898. The van der Waals surface area contributed by atoms with Crippen LogP contribution in [0.5, 0.6) is 0 Å². The van der Waals surface area contributed by atoms with E-state index in [4.69, 9.17) is 0 Å².